The summed E-state index contributed by atoms with van der Waals surface area (Å²) in [5.74, 6) is -2.74. The number of carboxylic acid groups (broad SMARTS) is 1. The van der Waals surface area contributed by atoms with Crippen LogP contribution in [0.3, 0.4) is 0 Å². The Morgan fingerprint density at radius 2 is 1.93 bits per heavy atom. The normalized spacial score (nSPS) is 10.9. The minimum atomic E-state index is -1.19. The molecule has 9 heteroatoms. The van der Waals surface area contributed by atoms with Crippen LogP contribution in [0.1, 0.15) is 21.0 Å². The third kappa shape index (κ3) is 3.35. The number of thiophene rings is 1. The van der Waals surface area contributed by atoms with E-state index in [4.69, 9.17) is 16.0 Å². The summed E-state index contributed by atoms with van der Waals surface area (Å²) in [4.78, 5) is 28.3. The molecule has 0 atom stereocenters. The number of anilines is 1. The number of carboxylic acids is 1. The number of amides is 1. The summed E-state index contributed by atoms with van der Waals surface area (Å²) in [6.45, 7) is 0. The fourth-order valence-corrected chi connectivity index (χ4v) is 3.74. The molecule has 0 saturated carbocycles. The van der Waals surface area contributed by atoms with Crippen LogP contribution in [0.15, 0.2) is 52.3 Å². The van der Waals surface area contributed by atoms with Crippen molar-refractivity contribution in [3.8, 4) is 11.1 Å². The Morgan fingerprint density at radius 1 is 1.18 bits per heavy atom. The molecule has 2 N–H and O–H groups in total. The lowest BCUT2D eigenvalue weighted by molar-refractivity contribution is 0.0699. The lowest BCUT2D eigenvalue weighted by Gasteiger charge is -2.04. The molecule has 2 aromatic heterocycles. The smallest absolute Gasteiger partial charge is 0.339 e. The molecule has 0 aliphatic rings. The number of rotatable bonds is 4. The molecule has 6 nitrogen and oxygen atoms in total. The number of oxazole rings is 1. The topological polar surface area (TPSA) is 92.4 Å². The van der Waals surface area contributed by atoms with Gasteiger partial charge in [0.25, 0.3) is 5.89 Å². The van der Waals surface area contributed by atoms with E-state index < -0.39 is 17.7 Å². The van der Waals surface area contributed by atoms with Gasteiger partial charge in [0.15, 0.2) is 5.58 Å². The van der Waals surface area contributed by atoms with Gasteiger partial charge in [-0.25, -0.2) is 14.2 Å². The maximum absolute atomic E-state index is 13.3. The van der Waals surface area contributed by atoms with Gasteiger partial charge in [-0.15, -0.1) is 11.3 Å². The molecule has 0 spiro atoms. The first-order valence-electron chi connectivity index (χ1n) is 7.90. The van der Waals surface area contributed by atoms with Crippen molar-refractivity contribution in [3.63, 3.8) is 0 Å². The average Bonchev–Trinajstić information content (AvgIpc) is 3.26. The summed E-state index contributed by atoms with van der Waals surface area (Å²) in [6, 6.07) is 10.4. The molecule has 0 unspecified atom stereocenters. The second kappa shape index (κ2) is 7.06. The molecule has 2 heterocycles. The molecule has 0 saturated heterocycles. The average molecular weight is 417 g/mol. The molecular weight excluding hydrogens is 407 g/mol. The number of benzene rings is 2. The Balaban J connectivity index is 1.67. The highest BCUT2D eigenvalue weighted by atomic mass is 35.5. The largest absolute Gasteiger partial charge is 0.478 e. The van der Waals surface area contributed by atoms with E-state index in [2.05, 4.69) is 10.3 Å². The van der Waals surface area contributed by atoms with Crippen LogP contribution in [0.25, 0.3) is 22.2 Å². The van der Waals surface area contributed by atoms with Crippen molar-refractivity contribution in [1.82, 2.24) is 4.98 Å². The number of aromatic nitrogens is 1. The third-order valence-corrected chi connectivity index (χ3v) is 5.08. The Bertz CT molecular complexity index is 1220. The van der Waals surface area contributed by atoms with Crippen molar-refractivity contribution in [1.29, 1.82) is 0 Å². The Morgan fingerprint density at radius 3 is 2.64 bits per heavy atom. The molecule has 28 heavy (non-hydrogen) atoms. The van der Waals surface area contributed by atoms with Crippen LogP contribution in [0.2, 0.25) is 5.02 Å². The number of carbonyl (C=O) groups excluding carboxylic acids is 1. The van der Waals surface area contributed by atoms with Crippen molar-refractivity contribution in [2.75, 3.05) is 5.32 Å². The fraction of sp³-hybridized carbons (Fsp3) is 0. The van der Waals surface area contributed by atoms with Crippen LogP contribution in [0.5, 0.6) is 0 Å². The summed E-state index contributed by atoms with van der Waals surface area (Å²) >= 11 is 6.94. The Kier molecular flexibility index (Phi) is 4.58. The standard InChI is InChI=1S/C19H10ClFN2O4S/c20-10-3-1-9(2-4-10)12-8-28-18(15(12)19(25)26)23-16(24)17-22-13-6-5-11(21)7-14(13)27-17/h1-8H,(H,23,24)(H,25,26). The summed E-state index contributed by atoms with van der Waals surface area (Å²) in [7, 11) is 0. The van der Waals surface area contributed by atoms with E-state index in [1.54, 1.807) is 29.6 Å². The molecule has 2 aromatic carbocycles. The molecule has 0 radical (unpaired) electrons. The van der Waals surface area contributed by atoms with Gasteiger partial charge in [-0.1, -0.05) is 23.7 Å². The van der Waals surface area contributed by atoms with Gasteiger partial charge in [0, 0.05) is 22.0 Å². The van der Waals surface area contributed by atoms with Crippen LogP contribution in [0, 0.1) is 5.82 Å². The Hall–Kier alpha value is -3.23. The summed E-state index contributed by atoms with van der Waals surface area (Å²) in [5, 5.41) is 14.4. The van der Waals surface area contributed by atoms with E-state index in [1.807, 2.05) is 0 Å². The van der Waals surface area contributed by atoms with Crippen molar-refractivity contribution in [2.45, 2.75) is 0 Å². The molecular formula is C19H10ClFN2O4S. The molecule has 0 fully saturated rings. The van der Waals surface area contributed by atoms with E-state index in [1.165, 1.54) is 12.1 Å². The monoisotopic (exact) mass is 416 g/mol. The SMILES string of the molecule is O=C(Nc1scc(-c2ccc(Cl)cc2)c1C(=O)O)c1nc2ccc(F)cc2o1. The lowest BCUT2D eigenvalue weighted by Crippen LogP contribution is -2.13. The van der Waals surface area contributed by atoms with E-state index in [9.17, 15) is 19.1 Å². The zero-order chi connectivity index (χ0) is 19.8. The van der Waals surface area contributed by atoms with E-state index in [0.29, 0.717) is 21.7 Å². The minimum Gasteiger partial charge on any atom is -0.478 e. The molecule has 1 amide bonds. The highest BCUT2D eigenvalue weighted by Gasteiger charge is 2.23. The zero-order valence-corrected chi connectivity index (χ0v) is 15.5. The molecule has 4 aromatic rings. The van der Waals surface area contributed by atoms with Gasteiger partial charge in [0.1, 0.15) is 21.9 Å². The summed E-state index contributed by atoms with van der Waals surface area (Å²) in [5.41, 5.74) is 1.48. The number of halogens is 2. The maximum atomic E-state index is 13.3. The quantitative estimate of drug-likeness (QED) is 0.471. The van der Waals surface area contributed by atoms with Crippen molar-refractivity contribution >= 4 is 50.9 Å². The van der Waals surface area contributed by atoms with Gasteiger partial charge < -0.3 is 14.8 Å². The van der Waals surface area contributed by atoms with Gasteiger partial charge in [0.2, 0.25) is 0 Å². The highest BCUT2D eigenvalue weighted by Crippen LogP contribution is 2.36. The predicted octanol–water partition coefficient (Wildman–Crippen LogP) is 5.30. The maximum Gasteiger partial charge on any atom is 0.339 e. The number of nitrogens with zero attached hydrogens (tertiary/aromatic N) is 1. The number of fused-ring (bicyclic) bond motifs is 1. The minimum absolute atomic E-state index is 0.0529. The fourth-order valence-electron chi connectivity index (χ4n) is 2.66. The van der Waals surface area contributed by atoms with E-state index in [-0.39, 0.29) is 22.0 Å². The van der Waals surface area contributed by atoms with Crippen LogP contribution in [0.4, 0.5) is 9.39 Å². The number of hydrogen-bond donors (Lipinski definition) is 2. The molecule has 140 valence electrons. The molecule has 0 aliphatic heterocycles. The van der Waals surface area contributed by atoms with Gasteiger partial charge in [-0.05, 0) is 29.8 Å². The predicted molar refractivity (Wildman–Crippen MR) is 104 cm³/mol. The van der Waals surface area contributed by atoms with Gasteiger partial charge in [0.05, 0.1) is 0 Å². The van der Waals surface area contributed by atoms with Crippen LogP contribution < -0.4 is 5.32 Å². The number of aromatic carboxylic acids is 1. The number of carbonyl (C=O) groups is 2. The number of hydrogen-bond acceptors (Lipinski definition) is 5. The second-order valence-electron chi connectivity index (χ2n) is 5.75. The first-order chi connectivity index (χ1) is 13.4. The second-order valence-corrected chi connectivity index (χ2v) is 7.07. The van der Waals surface area contributed by atoms with Crippen molar-refractivity contribution < 1.29 is 23.5 Å². The van der Waals surface area contributed by atoms with Crippen molar-refractivity contribution in [3.05, 3.63) is 70.1 Å². The number of nitrogens with one attached hydrogen (secondary N) is 1. The third-order valence-electron chi connectivity index (χ3n) is 3.93. The Labute approximate surface area is 166 Å². The highest BCUT2D eigenvalue weighted by molar-refractivity contribution is 7.15. The van der Waals surface area contributed by atoms with Crippen molar-refractivity contribution in [2.24, 2.45) is 0 Å². The molecule has 4 rings (SSSR count). The lowest BCUT2D eigenvalue weighted by atomic mass is 10.0. The zero-order valence-electron chi connectivity index (χ0n) is 13.9. The van der Waals surface area contributed by atoms with Crippen LogP contribution in [-0.2, 0) is 0 Å². The van der Waals surface area contributed by atoms with Gasteiger partial charge >= 0.3 is 11.9 Å². The summed E-state index contributed by atoms with van der Waals surface area (Å²) in [6.07, 6.45) is 0. The molecule has 0 aliphatic carbocycles. The van der Waals surface area contributed by atoms with E-state index >= 15 is 0 Å². The summed E-state index contributed by atoms with van der Waals surface area (Å²) < 4.78 is 18.5. The first-order valence-corrected chi connectivity index (χ1v) is 9.16. The van der Waals surface area contributed by atoms with Crippen LogP contribution in [-0.4, -0.2) is 22.0 Å². The van der Waals surface area contributed by atoms with Crippen LogP contribution >= 0.6 is 22.9 Å². The van der Waals surface area contributed by atoms with Gasteiger partial charge in [-0.2, -0.15) is 0 Å². The molecule has 0 bridgehead atoms. The van der Waals surface area contributed by atoms with E-state index in [0.717, 1.165) is 17.4 Å². The van der Waals surface area contributed by atoms with Gasteiger partial charge in [-0.3, -0.25) is 4.79 Å². The first kappa shape index (κ1) is 18.1.